The Kier molecular flexibility index (Phi) is 10.9. The molecule has 0 spiro atoms. The number of amides is 1. The van der Waals surface area contributed by atoms with Crippen LogP contribution in [0.4, 0.5) is 0 Å². The molecule has 0 bridgehead atoms. The Morgan fingerprint density at radius 1 is 1.29 bits per heavy atom. The number of rotatable bonds is 9. The molecule has 1 amide bonds. The van der Waals surface area contributed by atoms with Gasteiger partial charge in [-0.05, 0) is 24.3 Å². The van der Waals surface area contributed by atoms with Crippen LogP contribution in [0.25, 0.3) is 0 Å². The lowest BCUT2D eigenvalue weighted by molar-refractivity contribution is -0.126. The second kappa shape index (κ2) is 11.5. The van der Waals surface area contributed by atoms with Crippen LogP contribution in [0.1, 0.15) is 25.8 Å². The van der Waals surface area contributed by atoms with Gasteiger partial charge in [0.2, 0.25) is 5.91 Å². The van der Waals surface area contributed by atoms with Crippen molar-refractivity contribution in [3.05, 3.63) is 35.9 Å². The molecule has 0 radical (unpaired) electrons. The monoisotopic (exact) mass is 314 g/mol. The van der Waals surface area contributed by atoms with Gasteiger partial charge in [-0.15, -0.1) is 12.4 Å². The molecule has 0 aliphatic rings. The van der Waals surface area contributed by atoms with Gasteiger partial charge in [-0.3, -0.25) is 4.79 Å². The van der Waals surface area contributed by atoms with Gasteiger partial charge in [0.15, 0.2) is 0 Å². The summed E-state index contributed by atoms with van der Waals surface area (Å²) in [5.41, 5.74) is 6.86. The third kappa shape index (κ3) is 9.45. The Hall–Kier alpha value is -1.10. The molecule has 0 aliphatic heterocycles. The molecule has 1 atom stereocenters. The van der Waals surface area contributed by atoms with E-state index in [1.807, 2.05) is 18.2 Å². The van der Waals surface area contributed by atoms with Crippen LogP contribution in [0.3, 0.4) is 0 Å². The first-order valence-corrected chi connectivity index (χ1v) is 7.23. The Balaban J connectivity index is 0.00000400. The summed E-state index contributed by atoms with van der Waals surface area (Å²) >= 11 is 0. The average molecular weight is 315 g/mol. The summed E-state index contributed by atoms with van der Waals surface area (Å²) in [6.45, 7) is 5.35. The molecule has 1 rings (SSSR count). The first-order chi connectivity index (χ1) is 9.61. The number of halogens is 1. The molecular formula is C16H27ClN2O2. The Labute approximate surface area is 133 Å². The molecule has 0 fully saturated rings. The summed E-state index contributed by atoms with van der Waals surface area (Å²) in [6, 6.07) is 10.1. The zero-order valence-corrected chi connectivity index (χ0v) is 13.7. The molecule has 3 N–H and O–H groups in total. The highest BCUT2D eigenvalue weighted by Gasteiger charge is 2.12. The standard InChI is InChI=1S/C16H26N2O2.ClH/c1-13(2)10-15(11-17)18-16(19)12-20-9-8-14-6-4-3-5-7-14;/h3-7,13,15H,8-12,17H2,1-2H3,(H,18,19);1H. The van der Waals surface area contributed by atoms with E-state index >= 15 is 0 Å². The third-order valence-corrected chi connectivity index (χ3v) is 3.02. The molecule has 1 unspecified atom stereocenters. The number of hydrogen-bond acceptors (Lipinski definition) is 3. The first kappa shape index (κ1) is 19.9. The van der Waals surface area contributed by atoms with Crippen molar-refractivity contribution in [1.82, 2.24) is 5.32 Å². The highest BCUT2D eigenvalue weighted by atomic mass is 35.5. The second-order valence-corrected chi connectivity index (χ2v) is 5.42. The van der Waals surface area contributed by atoms with Crippen LogP contribution in [0.15, 0.2) is 30.3 Å². The van der Waals surface area contributed by atoms with E-state index < -0.39 is 0 Å². The van der Waals surface area contributed by atoms with Crippen LogP contribution in [0, 0.1) is 5.92 Å². The zero-order chi connectivity index (χ0) is 14.8. The van der Waals surface area contributed by atoms with Crippen LogP contribution in [0.2, 0.25) is 0 Å². The van der Waals surface area contributed by atoms with E-state index in [1.165, 1.54) is 5.56 Å². The van der Waals surface area contributed by atoms with Gasteiger partial charge in [0.25, 0.3) is 0 Å². The quantitative estimate of drug-likeness (QED) is 0.687. The van der Waals surface area contributed by atoms with Crippen molar-refractivity contribution < 1.29 is 9.53 Å². The zero-order valence-electron chi connectivity index (χ0n) is 12.9. The highest BCUT2D eigenvalue weighted by molar-refractivity contribution is 5.85. The number of ether oxygens (including phenoxy) is 1. The van der Waals surface area contributed by atoms with Gasteiger partial charge < -0.3 is 15.8 Å². The molecule has 0 aliphatic carbocycles. The Morgan fingerprint density at radius 2 is 1.95 bits per heavy atom. The molecule has 1 aromatic carbocycles. The summed E-state index contributed by atoms with van der Waals surface area (Å²) in [5, 5.41) is 2.91. The van der Waals surface area contributed by atoms with Gasteiger partial charge >= 0.3 is 0 Å². The maximum absolute atomic E-state index is 11.7. The van der Waals surface area contributed by atoms with Crippen molar-refractivity contribution in [1.29, 1.82) is 0 Å². The van der Waals surface area contributed by atoms with E-state index in [9.17, 15) is 4.79 Å². The van der Waals surface area contributed by atoms with Gasteiger partial charge in [-0.2, -0.15) is 0 Å². The predicted octanol–water partition coefficient (Wildman–Crippen LogP) is 2.16. The van der Waals surface area contributed by atoms with E-state index in [-0.39, 0.29) is 31.0 Å². The molecule has 4 nitrogen and oxygen atoms in total. The van der Waals surface area contributed by atoms with Crippen LogP contribution < -0.4 is 11.1 Å². The van der Waals surface area contributed by atoms with Crippen molar-refractivity contribution >= 4 is 18.3 Å². The fourth-order valence-corrected chi connectivity index (χ4v) is 2.05. The van der Waals surface area contributed by atoms with E-state index in [4.69, 9.17) is 10.5 Å². The number of hydrogen-bond donors (Lipinski definition) is 2. The summed E-state index contributed by atoms with van der Waals surface area (Å²) in [7, 11) is 0. The van der Waals surface area contributed by atoms with Gasteiger partial charge in [-0.25, -0.2) is 0 Å². The number of carbonyl (C=O) groups excluding carboxylic acids is 1. The van der Waals surface area contributed by atoms with Crippen LogP contribution >= 0.6 is 12.4 Å². The van der Waals surface area contributed by atoms with Gasteiger partial charge in [0, 0.05) is 12.6 Å². The summed E-state index contributed by atoms with van der Waals surface area (Å²) in [4.78, 5) is 11.7. The van der Waals surface area contributed by atoms with Crippen molar-refractivity contribution in [3.63, 3.8) is 0 Å². The largest absolute Gasteiger partial charge is 0.371 e. The van der Waals surface area contributed by atoms with Gasteiger partial charge in [0.1, 0.15) is 6.61 Å². The van der Waals surface area contributed by atoms with E-state index in [1.54, 1.807) is 0 Å². The third-order valence-electron chi connectivity index (χ3n) is 3.02. The molecule has 0 saturated carbocycles. The number of nitrogens with two attached hydrogens (primary N) is 1. The van der Waals surface area contributed by atoms with Crippen LogP contribution in [-0.4, -0.2) is 31.7 Å². The van der Waals surface area contributed by atoms with E-state index in [0.717, 1.165) is 12.8 Å². The average Bonchev–Trinajstić information content (AvgIpc) is 2.43. The predicted molar refractivity (Wildman–Crippen MR) is 88.7 cm³/mol. The lowest BCUT2D eigenvalue weighted by Gasteiger charge is -2.18. The number of benzene rings is 1. The fourth-order valence-electron chi connectivity index (χ4n) is 2.05. The molecular weight excluding hydrogens is 288 g/mol. The molecule has 0 aromatic heterocycles. The fraction of sp³-hybridized carbons (Fsp3) is 0.562. The maximum atomic E-state index is 11.7. The van der Waals surface area contributed by atoms with Gasteiger partial charge in [-0.1, -0.05) is 44.2 Å². The minimum absolute atomic E-state index is 0. The SMILES string of the molecule is CC(C)CC(CN)NC(=O)COCCc1ccccc1.Cl. The van der Waals surface area contributed by atoms with Gasteiger partial charge in [0.05, 0.1) is 6.61 Å². The molecule has 0 heterocycles. The summed E-state index contributed by atoms with van der Waals surface area (Å²) in [6.07, 6.45) is 1.71. The molecule has 0 saturated heterocycles. The molecule has 21 heavy (non-hydrogen) atoms. The van der Waals surface area contributed by atoms with Crippen LogP contribution in [0.5, 0.6) is 0 Å². The lowest BCUT2D eigenvalue weighted by Crippen LogP contribution is -2.42. The molecule has 5 heteroatoms. The first-order valence-electron chi connectivity index (χ1n) is 7.23. The lowest BCUT2D eigenvalue weighted by atomic mass is 10.0. The summed E-state index contributed by atoms with van der Waals surface area (Å²) < 4.78 is 5.40. The number of carbonyl (C=O) groups is 1. The second-order valence-electron chi connectivity index (χ2n) is 5.42. The minimum Gasteiger partial charge on any atom is -0.371 e. The molecule has 1 aromatic rings. The topological polar surface area (TPSA) is 64.3 Å². The minimum atomic E-state index is -0.0887. The van der Waals surface area contributed by atoms with Crippen LogP contribution in [-0.2, 0) is 16.0 Å². The maximum Gasteiger partial charge on any atom is 0.246 e. The normalized spacial score (nSPS) is 11.8. The Morgan fingerprint density at radius 3 is 2.52 bits per heavy atom. The van der Waals surface area contributed by atoms with Crippen molar-refractivity contribution in [3.8, 4) is 0 Å². The van der Waals surface area contributed by atoms with Crippen molar-refractivity contribution in [2.24, 2.45) is 11.7 Å². The van der Waals surface area contributed by atoms with Crippen molar-refractivity contribution in [2.45, 2.75) is 32.7 Å². The summed E-state index contributed by atoms with van der Waals surface area (Å²) in [5.74, 6) is 0.428. The smallest absolute Gasteiger partial charge is 0.246 e. The van der Waals surface area contributed by atoms with E-state index in [0.29, 0.717) is 19.1 Å². The highest BCUT2D eigenvalue weighted by Crippen LogP contribution is 2.03. The van der Waals surface area contributed by atoms with Crippen molar-refractivity contribution in [2.75, 3.05) is 19.8 Å². The molecule has 120 valence electrons. The number of nitrogens with one attached hydrogen (secondary N) is 1. The Bertz CT molecular complexity index is 385. The van der Waals surface area contributed by atoms with E-state index in [2.05, 4.69) is 31.3 Å².